The van der Waals surface area contributed by atoms with E-state index in [0.717, 1.165) is 5.56 Å². The van der Waals surface area contributed by atoms with Crippen LogP contribution < -0.4 is 4.74 Å². The molecule has 0 unspecified atom stereocenters. The minimum absolute atomic E-state index is 0.0274. The summed E-state index contributed by atoms with van der Waals surface area (Å²) in [5.41, 5.74) is 2.46. The van der Waals surface area contributed by atoms with Crippen molar-refractivity contribution in [1.82, 2.24) is 4.98 Å². The van der Waals surface area contributed by atoms with Crippen LogP contribution in [0.1, 0.15) is 24.2 Å². The molecule has 0 aliphatic carbocycles. The molecule has 1 heterocycles. The number of para-hydroxylation sites is 1. The number of fused-ring (bicyclic) bond motifs is 1. The summed E-state index contributed by atoms with van der Waals surface area (Å²) < 4.78 is 5.85. The predicted octanol–water partition coefficient (Wildman–Crippen LogP) is 5.72. The summed E-state index contributed by atoms with van der Waals surface area (Å²) in [6.07, 6.45) is 0.0274. The Balaban J connectivity index is 2.25. The van der Waals surface area contributed by atoms with E-state index in [1.807, 2.05) is 38.1 Å². The Morgan fingerprint density at radius 2 is 1.88 bits per heavy atom. The Bertz CT molecular complexity index is 922. The number of carbonyl (C=O) groups excluding carboxylic acids is 1. The lowest BCUT2D eigenvalue weighted by molar-refractivity contribution is 0.108. The van der Waals surface area contributed by atoms with Crippen LogP contribution in [0.15, 0.2) is 48.5 Å². The van der Waals surface area contributed by atoms with Gasteiger partial charge in [-0.15, -0.1) is 0 Å². The third-order valence-electron chi connectivity index (χ3n) is 3.51. The first-order valence-corrected chi connectivity index (χ1v) is 8.27. The lowest BCUT2D eigenvalue weighted by atomic mass is 10.0. The third-order valence-corrected chi connectivity index (χ3v) is 3.95. The molecule has 122 valence electrons. The topological polar surface area (TPSA) is 39.2 Å². The third kappa shape index (κ3) is 3.37. The molecule has 24 heavy (non-hydrogen) atoms. The average molecular weight is 360 g/mol. The molecule has 0 radical (unpaired) electrons. The zero-order chi connectivity index (χ0) is 17.3. The van der Waals surface area contributed by atoms with Crippen LogP contribution in [-0.2, 0) is 0 Å². The number of rotatable bonds is 4. The Kier molecular flexibility index (Phi) is 4.74. The highest BCUT2D eigenvalue weighted by atomic mass is 35.5. The molecule has 2 aromatic carbocycles. The molecule has 5 heteroatoms. The smallest absolute Gasteiger partial charge is 0.253 e. The van der Waals surface area contributed by atoms with E-state index >= 15 is 0 Å². The summed E-state index contributed by atoms with van der Waals surface area (Å²) in [6, 6.07) is 14.5. The lowest BCUT2D eigenvalue weighted by Crippen LogP contribution is -2.06. The number of aromatic nitrogens is 1. The van der Waals surface area contributed by atoms with Gasteiger partial charge in [0.15, 0.2) is 0 Å². The summed E-state index contributed by atoms with van der Waals surface area (Å²) in [5, 5.41) is 0.612. The van der Waals surface area contributed by atoms with Crippen LogP contribution in [-0.4, -0.2) is 16.3 Å². The molecule has 0 amide bonds. The van der Waals surface area contributed by atoms with Crippen molar-refractivity contribution in [3.63, 3.8) is 0 Å². The molecular formula is C19H15Cl2NO2. The van der Waals surface area contributed by atoms with Gasteiger partial charge >= 0.3 is 0 Å². The molecule has 3 aromatic rings. The van der Waals surface area contributed by atoms with Crippen molar-refractivity contribution < 1.29 is 9.53 Å². The van der Waals surface area contributed by atoms with Crippen molar-refractivity contribution in [3.8, 4) is 17.0 Å². The van der Waals surface area contributed by atoms with Crippen LogP contribution in [0, 0.1) is 0 Å². The second-order valence-electron chi connectivity index (χ2n) is 5.65. The van der Waals surface area contributed by atoms with Crippen LogP contribution in [0.4, 0.5) is 0 Å². The van der Waals surface area contributed by atoms with Gasteiger partial charge in [0.2, 0.25) is 0 Å². The first-order chi connectivity index (χ1) is 11.5. The van der Waals surface area contributed by atoms with Gasteiger partial charge < -0.3 is 4.74 Å². The van der Waals surface area contributed by atoms with E-state index in [1.165, 1.54) is 0 Å². The SMILES string of the molecule is CC(C)Oc1ccccc1-c1cc(C(=O)Cl)c2cc(Cl)ccc2n1. The molecule has 3 nitrogen and oxygen atoms in total. The fourth-order valence-electron chi connectivity index (χ4n) is 2.53. The number of pyridine rings is 1. The van der Waals surface area contributed by atoms with Crippen molar-refractivity contribution in [2.45, 2.75) is 20.0 Å². The number of halogens is 2. The first-order valence-electron chi connectivity index (χ1n) is 7.52. The molecule has 0 aliphatic heterocycles. The molecule has 0 atom stereocenters. The standard InChI is InChI=1S/C19H15Cl2NO2/c1-11(2)24-18-6-4-3-5-13(18)17-10-15(19(21)23)14-9-12(20)7-8-16(14)22-17/h3-11H,1-2H3. The molecule has 0 saturated heterocycles. The minimum atomic E-state index is -0.548. The van der Waals surface area contributed by atoms with Gasteiger partial charge in [-0.1, -0.05) is 23.7 Å². The highest BCUT2D eigenvalue weighted by Gasteiger charge is 2.15. The van der Waals surface area contributed by atoms with E-state index in [0.29, 0.717) is 32.9 Å². The Morgan fingerprint density at radius 3 is 2.58 bits per heavy atom. The molecule has 1 aromatic heterocycles. The molecule has 0 bridgehead atoms. The van der Waals surface area contributed by atoms with Crippen molar-refractivity contribution in [2.24, 2.45) is 0 Å². The Morgan fingerprint density at radius 1 is 1.12 bits per heavy atom. The summed E-state index contributed by atoms with van der Waals surface area (Å²) in [7, 11) is 0. The van der Waals surface area contributed by atoms with Gasteiger partial charge in [0.1, 0.15) is 5.75 Å². The fraction of sp³-hybridized carbons (Fsp3) is 0.158. The van der Waals surface area contributed by atoms with Gasteiger partial charge in [0.05, 0.1) is 17.3 Å². The molecular weight excluding hydrogens is 345 g/mol. The van der Waals surface area contributed by atoms with Gasteiger partial charge in [-0.2, -0.15) is 0 Å². The normalized spacial score (nSPS) is 11.0. The Labute approximate surface area is 150 Å². The van der Waals surface area contributed by atoms with E-state index in [1.54, 1.807) is 24.3 Å². The number of benzene rings is 2. The zero-order valence-corrected chi connectivity index (χ0v) is 14.7. The maximum absolute atomic E-state index is 11.9. The summed E-state index contributed by atoms with van der Waals surface area (Å²) in [4.78, 5) is 16.5. The van der Waals surface area contributed by atoms with Crippen molar-refractivity contribution in [2.75, 3.05) is 0 Å². The highest BCUT2D eigenvalue weighted by molar-refractivity contribution is 6.68. The summed E-state index contributed by atoms with van der Waals surface area (Å²) in [5.74, 6) is 0.710. The van der Waals surface area contributed by atoms with Crippen LogP contribution in [0.5, 0.6) is 5.75 Å². The lowest BCUT2D eigenvalue weighted by Gasteiger charge is -2.15. The molecule has 0 spiro atoms. The molecule has 0 fully saturated rings. The van der Waals surface area contributed by atoms with Gasteiger partial charge in [0, 0.05) is 21.5 Å². The van der Waals surface area contributed by atoms with Crippen molar-refractivity contribution >= 4 is 39.3 Å². The fourth-order valence-corrected chi connectivity index (χ4v) is 2.86. The number of carbonyl (C=O) groups is 1. The number of ether oxygens (including phenoxy) is 1. The average Bonchev–Trinajstić information content (AvgIpc) is 2.53. The number of hydrogen-bond donors (Lipinski definition) is 0. The maximum Gasteiger partial charge on any atom is 0.253 e. The predicted molar refractivity (Wildman–Crippen MR) is 98.1 cm³/mol. The zero-order valence-electron chi connectivity index (χ0n) is 13.2. The molecule has 0 aliphatic rings. The molecule has 3 rings (SSSR count). The van der Waals surface area contributed by atoms with Crippen molar-refractivity contribution in [3.05, 3.63) is 59.1 Å². The highest BCUT2D eigenvalue weighted by Crippen LogP contribution is 2.33. The number of nitrogens with zero attached hydrogens (tertiary/aromatic N) is 1. The van der Waals surface area contributed by atoms with Crippen LogP contribution >= 0.6 is 23.2 Å². The maximum atomic E-state index is 11.9. The van der Waals surface area contributed by atoms with Gasteiger partial charge in [-0.05, 0) is 61.8 Å². The van der Waals surface area contributed by atoms with Gasteiger partial charge in [0.25, 0.3) is 5.24 Å². The van der Waals surface area contributed by atoms with E-state index in [2.05, 4.69) is 4.98 Å². The number of hydrogen-bond acceptors (Lipinski definition) is 3. The molecule has 0 N–H and O–H groups in total. The summed E-state index contributed by atoms with van der Waals surface area (Å²) >= 11 is 11.8. The largest absolute Gasteiger partial charge is 0.490 e. The van der Waals surface area contributed by atoms with E-state index in [9.17, 15) is 4.79 Å². The van der Waals surface area contributed by atoms with Crippen LogP contribution in [0.3, 0.4) is 0 Å². The van der Waals surface area contributed by atoms with E-state index in [-0.39, 0.29) is 6.10 Å². The second-order valence-corrected chi connectivity index (χ2v) is 6.43. The van der Waals surface area contributed by atoms with Gasteiger partial charge in [-0.3, -0.25) is 4.79 Å². The van der Waals surface area contributed by atoms with Crippen molar-refractivity contribution in [1.29, 1.82) is 0 Å². The van der Waals surface area contributed by atoms with Crippen LogP contribution in [0.2, 0.25) is 5.02 Å². The van der Waals surface area contributed by atoms with E-state index in [4.69, 9.17) is 27.9 Å². The summed E-state index contributed by atoms with van der Waals surface area (Å²) in [6.45, 7) is 3.92. The Hall–Kier alpha value is -2.10. The molecule has 0 saturated carbocycles. The van der Waals surface area contributed by atoms with E-state index < -0.39 is 5.24 Å². The first kappa shape index (κ1) is 16.7. The van der Waals surface area contributed by atoms with Gasteiger partial charge in [-0.25, -0.2) is 4.98 Å². The minimum Gasteiger partial charge on any atom is -0.490 e. The monoisotopic (exact) mass is 359 g/mol. The second kappa shape index (κ2) is 6.80. The van der Waals surface area contributed by atoms with Crippen LogP contribution in [0.25, 0.3) is 22.2 Å². The quantitative estimate of drug-likeness (QED) is 0.559.